The first-order valence-electron chi connectivity index (χ1n) is 5.12. The molecule has 10 heteroatoms. The lowest BCUT2D eigenvalue weighted by molar-refractivity contribution is -0.385. The predicted molar refractivity (Wildman–Crippen MR) is 63.5 cm³/mol. The molecule has 2 aromatic rings. The van der Waals surface area contributed by atoms with Crippen molar-refractivity contribution in [1.29, 1.82) is 0 Å². The highest BCUT2D eigenvalue weighted by molar-refractivity contribution is 5.93. The summed E-state index contributed by atoms with van der Waals surface area (Å²) >= 11 is 0. The first-order valence-corrected chi connectivity index (χ1v) is 5.12. The molecule has 10 nitrogen and oxygen atoms in total. The van der Waals surface area contributed by atoms with Crippen LogP contribution in [0.5, 0.6) is 0 Å². The average molecular weight is 277 g/mol. The van der Waals surface area contributed by atoms with Crippen molar-refractivity contribution < 1.29 is 19.6 Å². The van der Waals surface area contributed by atoms with Gasteiger partial charge in [-0.25, -0.2) is 14.5 Å². The molecule has 0 bridgehead atoms. The molecule has 0 radical (unpaired) electrons. The maximum absolute atomic E-state index is 11.0. The largest absolute Gasteiger partial charge is 0.477 e. The van der Waals surface area contributed by atoms with E-state index in [0.717, 1.165) is 16.9 Å². The first kappa shape index (κ1) is 13.1. The normalized spacial score (nSPS) is 10.2. The van der Waals surface area contributed by atoms with Gasteiger partial charge in [0.25, 0.3) is 5.91 Å². The molecule has 2 aromatic heterocycles. The second kappa shape index (κ2) is 4.76. The van der Waals surface area contributed by atoms with Gasteiger partial charge in [-0.3, -0.25) is 14.9 Å². The SMILES string of the molecule is NC(=O)c1cnn(-c2cc(C(=O)O)c([N+](=O)[O-])cn2)c1. The number of amides is 1. The number of pyridine rings is 1. The summed E-state index contributed by atoms with van der Waals surface area (Å²) < 4.78 is 1.09. The van der Waals surface area contributed by atoms with Gasteiger partial charge in [-0.1, -0.05) is 0 Å². The van der Waals surface area contributed by atoms with E-state index in [1.165, 1.54) is 12.4 Å². The lowest BCUT2D eigenvalue weighted by Crippen LogP contribution is -2.10. The fourth-order valence-electron chi connectivity index (χ4n) is 1.45. The van der Waals surface area contributed by atoms with Gasteiger partial charge in [-0.2, -0.15) is 5.10 Å². The first-order chi connectivity index (χ1) is 9.40. The van der Waals surface area contributed by atoms with Crippen molar-refractivity contribution in [1.82, 2.24) is 14.8 Å². The maximum Gasteiger partial charge on any atom is 0.342 e. The number of aromatic nitrogens is 3. The molecule has 0 aliphatic rings. The zero-order valence-corrected chi connectivity index (χ0v) is 9.76. The molecule has 102 valence electrons. The number of nitrogens with two attached hydrogens (primary N) is 1. The van der Waals surface area contributed by atoms with Crippen molar-refractivity contribution in [2.75, 3.05) is 0 Å². The Balaban J connectivity index is 2.52. The monoisotopic (exact) mass is 277 g/mol. The molecule has 1 amide bonds. The zero-order valence-electron chi connectivity index (χ0n) is 9.76. The molecule has 0 spiro atoms. The number of hydrogen-bond acceptors (Lipinski definition) is 6. The molecule has 0 aliphatic carbocycles. The highest BCUT2D eigenvalue weighted by atomic mass is 16.6. The van der Waals surface area contributed by atoms with Crippen LogP contribution in [-0.4, -0.2) is 36.7 Å². The fraction of sp³-hybridized carbons (Fsp3) is 0. The lowest BCUT2D eigenvalue weighted by atomic mass is 10.2. The highest BCUT2D eigenvalue weighted by Crippen LogP contribution is 2.19. The molecule has 0 aromatic carbocycles. The number of hydrogen-bond donors (Lipinski definition) is 2. The van der Waals surface area contributed by atoms with Crippen molar-refractivity contribution in [2.24, 2.45) is 5.73 Å². The Kier molecular flexibility index (Phi) is 3.13. The predicted octanol–water partition coefficient (Wildman–Crippen LogP) is -0.0274. The minimum absolute atomic E-state index is 0.0144. The molecule has 0 saturated carbocycles. The Bertz CT molecular complexity index is 723. The molecular weight excluding hydrogens is 270 g/mol. The summed E-state index contributed by atoms with van der Waals surface area (Å²) in [5, 5.41) is 23.4. The number of carbonyl (C=O) groups is 2. The number of nitrogens with zero attached hydrogens (tertiary/aromatic N) is 4. The summed E-state index contributed by atoms with van der Waals surface area (Å²) in [5.41, 5.74) is 3.98. The van der Waals surface area contributed by atoms with Crippen molar-refractivity contribution in [3.05, 3.63) is 45.9 Å². The van der Waals surface area contributed by atoms with Crippen LogP contribution in [0.25, 0.3) is 5.82 Å². The minimum atomic E-state index is -1.47. The van der Waals surface area contributed by atoms with Gasteiger partial charge in [0.15, 0.2) is 5.82 Å². The van der Waals surface area contributed by atoms with Crippen molar-refractivity contribution >= 4 is 17.6 Å². The van der Waals surface area contributed by atoms with E-state index in [-0.39, 0.29) is 11.4 Å². The smallest absolute Gasteiger partial charge is 0.342 e. The van der Waals surface area contributed by atoms with Crippen LogP contribution in [0.15, 0.2) is 24.7 Å². The fourth-order valence-corrected chi connectivity index (χ4v) is 1.45. The van der Waals surface area contributed by atoms with Crippen LogP contribution in [0.3, 0.4) is 0 Å². The Labute approximate surface area is 110 Å². The number of primary amides is 1. The van der Waals surface area contributed by atoms with Crippen LogP contribution < -0.4 is 5.73 Å². The molecule has 2 rings (SSSR count). The molecular formula is C10H7N5O5. The number of carboxylic acids is 1. The Morgan fingerprint density at radius 3 is 2.60 bits per heavy atom. The summed E-state index contributed by atoms with van der Waals surface area (Å²) in [5.74, 6) is -2.17. The van der Waals surface area contributed by atoms with Gasteiger partial charge in [0.2, 0.25) is 0 Å². The van der Waals surface area contributed by atoms with E-state index < -0.39 is 28.1 Å². The summed E-state index contributed by atoms with van der Waals surface area (Å²) in [6.45, 7) is 0. The van der Waals surface area contributed by atoms with E-state index in [9.17, 15) is 19.7 Å². The van der Waals surface area contributed by atoms with E-state index in [2.05, 4.69) is 10.1 Å². The van der Waals surface area contributed by atoms with E-state index in [4.69, 9.17) is 10.8 Å². The van der Waals surface area contributed by atoms with Crippen LogP contribution in [-0.2, 0) is 0 Å². The number of carboxylic acid groups (broad SMARTS) is 1. The highest BCUT2D eigenvalue weighted by Gasteiger charge is 2.21. The molecule has 3 N–H and O–H groups in total. The Morgan fingerprint density at radius 2 is 2.10 bits per heavy atom. The van der Waals surface area contributed by atoms with E-state index in [1.54, 1.807) is 0 Å². The minimum Gasteiger partial charge on any atom is -0.477 e. The van der Waals surface area contributed by atoms with Crippen LogP contribution >= 0.6 is 0 Å². The van der Waals surface area contributed by atoms with Crippen molar-refractivity contribution in [2.45, 2.75) is 0 Å². The van der Waals surface area contributed by atoms with Crippen LogP contribution in [0, 0.1) is 10.1 Å². The van der Waals surface area contributed by atoms with Gasteiger partial charge in [0, 0.05) is 12.3 Å². The van der Waals surface area contributed by atoms with Gasteiger partial charge in [-0.05, 0) is 0 Å². The third kappa shape index (κ3) is 2.29. The van der Waals surface area contributed by atoms with Gasteiger partial charge < -0.3 is 10.8 Å². The second-order valence-corrected chi connectivity index (χ2v) is 3.66. The summed E-state index contributed by atoms with van der Waals surface area (Å²) in [7, 11) is 0. The Hall–Kier alpha value is -3.30. The maximum atomic E-state index is 11.0. The van der Waals surface area contributed by atoms with Crippen molar-refractivity contribution in [3.63, 3.8) is 0 Å². The van der Waals surface area contributed by atoms with Gasteiger partial charge >= 0.3 is 11.7 Å². The summed E-state index contributed by atoms with van der Waals surface area (Å²) in [6, 6.07) is 0.984. The van der Waals surface area contributed by atoms with Gasteiger partial charge in [-0.15, -0.1) is 0 Å². The third-order valence-corrected chi connectivity index (χ3v) is 2.40. The van der Waals surface area contributed by atoms with Gasteiger partial charge in [0.05, 0.1) is 16.7 Å². The van der Waals surface area contributed by atoms with Crippen LogP contribution in [0.1, 0.15) is 20.7 Å². The van der Waals surface area contributed by atoms with E-state index >= 15 is 0 Å². The zero-order chi connectivity index (χ0) is 14.9. The van der Waals surface area contributed by atoms with Crippen LogP contribution in [0.2, 0.25) is 0 Å². The number of aromatic carboxylic acids is 1. The topological polar surface area (TPSA) is 154 Å². The quantitative estimate of drug-likeness (QED) is 0.587. The molecule has 0 saturated heterocycles. The molecule has 0 aliphatic heterocycles. The molecule has 0 atom stereocenters. The summed E-state index contributed by atoms with van der Waals surface area (Å²) in [4.78, 5) is 35.5. The Morgan fingerprint density at radius 1 is 1.40 bits per heavy atom. The third-order valence-electron chi connectivity index (χ3n) is 2.40. The molecule has 0 unspecified atom stereocenters. The summed E-state index contributed by atoms with van der Waals surface area (Å²) in [6.07, 6.45) is 3.22. The second-order valence-electron chi connectivity index (χ2n) is 3.66. The molecule has 0 fully saturated rings. The number of nitro groups is 1. The average Bonchev–Trinajstić information content (AvgIpc) is 2.87. The van der Waals surface area contributed by atoms with Crippen LogP contribution in [0.4, 0.5) is 5.69 Å². The van der Waals surface area contributed by atoms with Gasteiger partial charge in [0.1, 0.15) is 11.8 Å². The van der Waals surface area contributed by atoms with Crippen molar-refractivity contribution in [3.8, 4) is 5.82 Å². The molecule has 20 heavy (non-hydrogen) atoms. The van der Waals surface area contributed by atoms with E-state index in [0.29, 0.717) is 0 Å². The molecule has 2 heterocycles. The lowest BCUT2D eigenvalue weighted by Gasteiger charge is -2.02. The number of carbonyl (C=O) groups excluding carboxylic acids is 1. The standard InChI is InChI=1S/C10H7N5O5/c11-9(16)5-2-13-14(4-5)8-1-6(10(17)18)7(3-12-8)15(19)20/h1-4H,(H2,11,16)(H,17,18). The van der Waals surface area contributed by atoms with E-state index in [1.807, 2.05) is 0 Å². The number of rotatable bonds is 4.